The third-order valence-electron chi connectivity index (χ3n) is 1.69. The molecule has 11 heavy (non-hydrogen) atoms. The zero-order chi connectivity index (χ0) is 7.56. The molecule has 0 saturated carbocycles. The quantitative estimate of drug-likeness (QED) is 0.690. The second-order valence-corrected chi connectivity index (χ2v) is 2.90. The van der Waals surface area contributed by atoms with E-state index in [1.165, 1.54) is 0 Å². The largest absolute Gasteiger partial charge is 0.391 e. The first-order valence-corrected chi connectivity index (χ1v) is 3.66. The topological polar surface area (TPSA) is 47.6 Å². The number of nitrogens with two attached hydrogens (primary N) is 1. The van der Waals surface area contributed by atoms with Crippen molar-refractivity contribution in [3.8, 4) is 0 Å². The van der Waals surface area contributed by atoms with Crippen LogP contribution in [0.25, 0.3) is 0 Å². The molecule has 1 unspecified atom stereocenters. The highest BCUT2D eigenvalue weighted by molar-refractivity contribution is 5.87. The zero-order valence-electron chi connectivity index (χ0n) is 6.91. The summed E-state index contributed by atoms with van der Waals surface area (Å²) < 4.78 is 0. The van der Waals surface area contributed by atoms with Crippen molar-refractivity contribution in [2.45, 2.75) is 26.4 Å². The molecule has 1 atom stereocenters. The van der Waals surface area contributed by atoms with Gasteiger partial charge >= 0.3 is 0 Å². The lowest BCUT2D eigenvalue weighted by atomic mass is 10.0. The van der Waals surface area contributed by atoms with Crippen LogP contribution in [0.3, 0.4) is 0 Å². The number of nitrogens with zero attached hydrogens (tertiary/aromatic N) is 1. The number of hydrogen-bond donors (Lipinski definition) is 1. The zero-order valence-corrected chi connectivity index (χ0v) is 7.73. The molecule has 1 aliphatic heterocycles. The van der Waals surface area contributed by atoms with Gasteiger partial charge in [0.2, 0.25) is 0 Å². The predicted molar refractivity (Wildman–Crippen MR) is 48.1 cm³/mol. The van der Waals surface area contributed by atoms with Crippen LogP contribution >= 0.6 is 12.4 Å². The molecule has 1 rings (SSSR count). The predicted octanol–water partition coefficient (Wildman–Crippen LogP) is 1.17. The minimum absolute atomic E-state index is 0. The van der Waals surface area contributed by atoms with E-state index in [1.54, 1.807) is 0 Å². The summed E-state index contributed by atoms with van der Waals surface area (Å²) in [6.45, 7) is 4.79. The lowest BCUT2D eigenvalue weighted by Gasteiger charge is -2.03. The van der Waals surface area contributed by atoms with Crippen LogP contribution in [-0.4, -0.2) is 18.4 Å². The average molecular weight is 179 g/mol. The lowest BCUT2D eigenvalue weighted by molar-refractivity contribution is 0.0918. The van der Waals surface area contributed by atoms with E-state index in [9.17, 15) is 0 Å². The van der Waals surface area contributed by atoms with E-state index in [1.807, 2.05) is 0 Å². The maximum atomic E-state index is 5.40. The fourth-order valence-corrected chi connectivity index (χ4v) is 0.918. The summed E-state index contributed by atoms with van der Waals surface area (Å²) >= 11 is 0. The molecule has 0 aromatic heterocycles. The molecule has 66 valence electrons. The standard InChI is InChI=1S/C7H14N2O.ClH/c1-5(2)7-3-6(4-8)10-9-7;/h5-6H,3-4,8H2,1-2H3;1H. The number of oxime groups is 1. The Kier molecular flexibility index (Phi) is 4.45. The Bertz CT molecular complexity index is 147. The molecule has 0 radical (unpaired) electrons. The summed E-state index contributed by atoms with van der Waals surface area (Å²) in [5.41, 5.74) is 6.53. The highest BCUT2D eigenvalue weighted by Crippen LogP contribution is 2.14. The molecular weight excluding hydrogens is 164 g/mol. The van der Waals surface area contributed by atoms with Gasteiger partial charge in [0, 0.05) is 13.0 Å². The molecule has 0 saturated heterocycles. The van der Waals surface area contributed by atoms with Crippen LogP contribution in [-0.2, 0) is 4.84 Å². The minimum Gasteiger partial charge on any atom is -0.391 e. The van der Waals surface area contributed by atoms with Gasteiger partial charge in [0.05, 0.1) is 5.71 Å². The molecule has 2 N–H and O–H groups in total. The first kappa shape index (κ1) is 10.7. The van der Waals surface area contributed by atoms with E-state index in [4.69, 9.17) is 10.6 Å². The maximum absolute atomic E-state index is 5.40. The van der Waals surface area contributed by atoms with Crippen molar-refractivity contribution in [3.05, 3.63) is 0 Å². The van der Waals surface area contributed by atoms with Gasteiger partial charge in [-0.05, 0) is 5.92 Å². The van der Waals surface area contributed by atoms with E-state index in [2.05, 4.69) is 19.0 Å². The summed E-state index contributed by atoms with van der Waals surface area (Å²) in [5.74, 6) is 0.497. The second kappa shape index (κ2) is 4.57. The van der Waals surface area contributed by atoms with Crippen molar-refractivity contribution >= 4 is 18.1 Å². The second-order valence-electron chi connectivity index (χ2n) is 2.90. The monoisotopic (exact) mass is 178 g/mol. The van der Waals surface area contributed by atoms with Gasteiger partial charge in [0.1, 0.15) is 6.10 Å². The van der Waals surface area contributed by atoms with Crippen LogP contribution in [0.1, 0.15) is 20.3 Å². The first-order chi connectivity index (χ1) is 4.74. The highest BCUT2D eigenvalue weighted by Gasteiger charge is 2.20. The van der Waals surface area contributed by atoms with Gasteiger partial charge in [0.15, 0.2) is 0 Å². The van der Waals surface area contributed by atoms with Crippen molar-refractivity contribution in [2.75, 3.05) is 6.54 Å². The fourth-order valence-electron chi connectivity index (χ4n) is 0.918. The summed E-state index contributed by atoms with van der Waals surface area (Å²) in [6.07, 6.45) is 1.05. The highest BCUT2D eigenvalue weighted by atomic mass is 35.5. The summed E-state index contributed by atoms with van der Waals surface area (Å²) in [6, 6.07) is 0. The Morgan fingerprint density at radius 1 is 1.73 bits per heavy atom. The van der Waals surface area contributed by atoms with E-state index >= 15 is 0 Å². The third-order valence-corrected chi connectivity index (χ3v) is 1.69. The lowest BCUT2D eigenvalue weighted by Crippen LogP contribution is -2.20. The van der Waals surface area contributed by atoms with Crippen molar-refractivity contribution in [3.63, 3.8) is 0 Å². The molecule has 0 spiro atoms. The van der Waals surface area contributed by atoms with Crippen LogP contribution in [0.4, 0.5) is 0 Å². The van der Waals surface area contributed by atoms with E-state index in [0.717, 1.165) is 12.1 Å². The third kappa shape index (κ3) is 2.67. The Balaban J connectivity index is 0.000001000. The van der Waals surface area contributed by atoms with E-state index in [-0.39, 0.29) is 18.5 Å². The van der Waals surface area contributed by atoms with Gasteiger partial charge in [-0.25, -0.2) is 0 Å². The molecule has 0 bridgehead atoms. The van der Waals surface area contributed by atoms with Crippen LogP contribution < -0.4 is 5.73 Å². The van der Waals surface area contributed by atoms with Crippen molar-refractivity contribution in [1.82, 2.24) is 0 Å². The molecule has 0 amide bonds. The van der Waals surface area contributed by atoms with Crippen molar-refractivity contribution in [1.29, 1.82) is 0 Å². The van der Waals surface area contributed by atoms with Gasteiger partial charge in [-0.3, -0.25) is 0 Å². The number of rotatable bonds is 2. The summed E-state index contributed by atoms with van der Waals surface area (Å²) in [4.78, 5) is 5.04. The molecule has 0 aliphatic carbocycles. The first-order valence-electron chi connectivity index (χ1n) is 3.66. The number of halogens is 1. The molecule has 0 aromatic rings. The normalized spacial score (nSPS) is 22.5. The Morgan fingerprint density at radius 2 is 2.36 bits per heavy atom. The maximum Gasteiger partial charge on any atom is 0.145 e. The molecular formula is C7H15ClN2O. The Labute approximate surface area is 73.4 Å². The van der Waals surface area contributed by atoms with Crippen LogP contribution in [0.15, 0.2) is 5.16 Å². The van der Waals surface area contributed by atoms with Crippen LogP contribution in [0, 0.1) is 5.92 Å². The van der Waals surface area contributed by atoms with Gasteiger partial charge in [-0.15, -0.1) is 12.4 Å². The summed E-state index contributed by atoms with van der Waals surface area (Å²) in [7, 11) is 0. The van der Waals surface area contributed by atoms with Crippen molar-refractivity contribution in [2.24, 2.45) is 16.8 Å². The fraction of sp³-hybridized carbons (Fsp3) is 0.857. The molecule has 1 aliphatic rings. The molecule has 0 aromatic carbocycles. The van der Waals surface area contributed by atoms with E-state index < -0.39 is 0 Å². The van der Waals surface area contributed by atoms with Crippen molar-refractivity contribution < 1.29 is 4.84 Å². The van der Waals surface area contributed by atoms with Crippen LogP contribution in [0.2, 0.25) is 0 Å². The average Bonchev–Trinajstić information content (AvgIpc) is 2.34. The van der Waals surface area contributed by atoms with Crippen LogP contribution in [0.5, 0.6) is 0 Å². The Hall–Kier alpha value is -0.280. The SMILES string of the molecule is CC(C)C1=NOC(CN)C1.Cl. The minimum atomic E-state index is 0. The van der Waals surface area contributed by atoms with Gasteiger partial charge in [0.25, 0.3) is 0 Å². The van der Waals surface area contributed by atoms with Gasteiger partial charge in [-0.2, -0.15) is 0 Å². The van der Waals surface area contributed by atoms with Gasteiger partial charge in [-0.1, -0.05) is 19.0 Å². The molecule has 3 nitrogen and oxygen atoms in total. The number of hydrogen-bond acceptors (Lipinski definition) is 3. The summed E-state index contributed by atoms with van der Waals surface area (Å²) in [5, 5.41) is 3.92. The molecule has 4 heteroatoms. The molecule has 0 fully saturated rings. The smallest absolute Gasteiger partial charge is 0.145 e. The van der Waals surface area contributed by atoms with Gasteiger partial charge < -0.3 is 10.6 Å². The Morgan fingerprint density at radius 3 is 2.64 bits per heavy atom. The van der Waals surface area contributed by atoms with E-state index in [0.29, 0.717) is 12.5 Å². The molecule has 1 heterocycles.